The first-order valence-corrected chi connectivity index (χ1v) is 6.31. The summed E-state index contributed by atoms with van der Waals surface area (Å²) in [5.74, 6) is 0.155. The largest absolute Gasteiger partial charge is 0.392 e. The first-order chi connectivity index (χ1) is 7.72. The maximum atomic E-state index is 11.3. The van der Waals surface area contributed by atoms with E-state index < -0.39 is 0 Å². The molecule has 0 aliphatic carbocycles. The number of hydrogen-bond donors (Lipinski definition) is 2. The Morgan fingerprint density at radius 2 is 1.94 bits per heavy atom. The predicted molar refractivity (Wildman–Crippen MR) is 70.9 cm³/mol. The Hall–Kier alpha value is -0.610. The SMILES string of the molecule is CN(C)C(=O)CCCNCC(O)CC(C)(C)C. The first kappa shape index (κ1) is 16.4. The molecule has 0 saturated carbocycles. The van der Waals surface area contributed by atoms with E-state index >= 15 is 0 Å². The number of aliphatic hydroxyl groups excluding tert-OH is 1. The van der Waals surface area contributed by atoms with Crippen molar-refractivity contribution in [1.82, 2.24) is 10.2 Å². The fourth-order valence-electron chi connectivity index (χ4n) is 1.64. The third-order valence-corrected chi connectivity index (χ3v) is 2.47. The summed E-state index contributed by atoms with van der Waals surface area (Å²) in [7, 11) is 3.53. The summed E-state index contributed by atoms with van der Waals surface area (Å²) < 4.78 is 0. The second-order valence-electron chi connectivity index (χ2n) is 6.01. The van der Waals surface area contributed by atoms with E-state index in [1.165, 1.54) is 0 Å². The molecule has 0 fully saturated rings. The number of aliphatic hydroxyl groups is 1. The Morgan fingerprint density at radius 1 is 1.35 bits per heavy atom. The van der Waals surface area contributed by atoms with Gasteiger partial charge in [0.15, 0.2) is 0 Å². The van der Waals surface area contributed by atoms with Gasteiger partial charge in [-0.2, -0.15) is 0 Å². The van der Waals surface area contributed by atoms with Gasteiger partial charge in [-0.15, -0.1) is 0 Å². The summed E-state index contributed by atoms with van der Waals surface area (Å²) in [6, 6.07) is 0. The van der Waals surface area contributed by atoms with Crippen molar-refractivity contribution >= 4 is 5.91 Å². The molecule has 0 aromatic carbocycles. The number of hydrogen-bond acceptors (Lipinski definition) is 3. The average Bonchev–Trinajstić information content (AvgIpc) is 2.13. The second kappa shape index (κ2) is 7.67. The lowest BCUT2D eigenvalue weighted by molar-refractivity contribution is -0.128. The molecule has 1 unspecified atom stereocenters. The highest BCUT2D eigenvalue weighted by molar-refractivity contribution is 5.75. The summed E-state index contributed by atoms with van der Waals surface area (Å²) in [5, 5.41) is 12.9. The number of carbonyl (C=O) groups is 1. The third kappa shape index (κ3) is 10.3. The molecule has 0 bridgehead atoms. The summed E-state index contributed by atoms with van der Waals surface area (Å²) in [5.41, 5.74) is 0.155. The van der Waals surface area contributed by atoms with Gasteiger partial charge in [-0.25, -0.2) is 0 Å². The lowest BCUT2D eigenvalue weighted by atomic mass is 9.89. The standard InChI is InChI=1S/C13H28N2O2/c1-13(2,3)9-11(16)10-14-8-6-7-12(17)15(4)5/h11,14,16H,6-10H2,1-5H3. The molecule has 17 heavy (non-hydrogen) atoms. The molecule has 0 aromatic heterocycles. The smallest absolute Gasteiger partial charge is 0.222 e. The monoisotopic (exact) mass is 244 g/mol. The molecule has 1 atom stereocenters. The zero-order valence-corrected chi connectivity index (χ0v) is 11.9. The van der Waals surface area contributed by atoms with Gasteiger partial charge in [-0.05, 0) is 24.8 Å². The van der Waals surface area contributed by atoms with Crippen LogP contribution >= 0.6 is 0 Å². The van der Waals surface area contributed by atoms with Crippen LogP contribution in [-0.2, 0) is 4.79 Å². The van der Waals surface area contributed by atoms with Crippen LogP contribution in [0.3, 0.4) is 0 Å². The fourth-order valence-corrected chi connectivity index (χ4v) is 1.64. The molecule has 0 aliphatic rings. The number of nitrogens with zero attached hydrogens (tertiary/aromatic N) is 1. The van der Waals surface area contributed by atoms with Crippen molar-refractivity contribution in [2.24, 2.45) is 5.41 Å². The van der Waals surface area contributed by atoms with Crippen molar-refractivity contribution in [3.05, 3.63) is 0 Å². The van der Waals surface area contributed by atoms with Crippen LogP contribution in [0.4, 0.5) is 0 Å². The summed E-state index contributed by atoms with van der Waals surface area (Å²) >= 11 is 0. The first-order valence-electron chi connectivity index (χ1n) is 6.31. The van der Waals surface area contributed by atoms with E-state index in [2.05, 4.69) is 26.1 Å². The fraction of sp³-hybridized carbons (Fsp3) is 0.923. The van der Waals surface area contributed by atoms with Crippen molar-refractivity contribution in [2.45, 2.75) is 46.1 Å². The quantitative estimate of drug-likeness (QED) is 0.663. The Kier molecular flexibility index (Phi) is 7.39. The molecule has 0 saturated heterocycles. The van der Waals surface area contributed by atoms with Gasteiger partial charge in [-0.3, -0.25) is 4.79 Å². The van der Waals surface area contributed by atoms with Gasteiger partial charge in [0.25, 0.3) is 0 Å². The van der Waals surface area contributed by atoms with Crippen molar-refractivity contribution in [3.8, 4) is 0 Å². The van der Waals surface area contributed by atoms with Crippen LogP contribution in [0, 0.1) is 5.41 Å². The Morgan fingerprint density at radius 3 is 2.41 bits per heavy atom. The van der Waals surface area contributed by atoms with E-state index in [9.17, 15) is 9.90 Å². The minimum absolute atomic E-state index is 0.155. The molecule has 0 heterocycles. The molecule has 0 aliphatic heterocycles. The lowest BCUT2D eigenvalue weighted by Gasteiger charge is -2.22. The molecule has 2 N–H and O–H groups in total. The molecule has 102 valence electrons. The van der Waals surface area contributed by atoms with Crippen molar-refractivity contribution in [2.75, 3.05) is 27.2 Å². The summed E-state index contributed by atoms with van der Waals surface area (Å²) in [6.45, 7) is 7.73. The van der Waals surface area contributed by atoms with E-state index in [0.29, 0.717) is 13.0 Å². The highest BCUT2D eigenvalue weighted by Gasteiger charge is 2.16. The maximum Gasteiger partial charge on any atom is 0.222 e. The second-order valence-corrected chi connectivity index (χ2v) is 6.01. The van der Waals surface area contributed by atoms with Gasteiger partial charge in [0.2, 0.25) is 5.91 Å². The maximum absolute atomic E-state index is 11.3. The highest BCUT2D eigenvalue weighted by Crippen LogP contribution is 2.20. The predicted octanol–water partition coefficient (Wildman–Crippen LogP) is 1.24. The molecule has 4 heteroatoms. The lowest BCUT2D eigenvalue weighted by Crippen LogP contribution is -2.31. The van der Waals surface area contributed by atoms with Gasteiger partial charge in [0.05, 0.1) is 6.10 Å². The molecule has 0 rings (SSSR count). The van der Waals surface area contributed by atoms with E-state index in [0.717, 1.165) is 19.4 Å². The molecule has 4 nitrogen and oxygen atoms in total. The highest BCUT2D eigenvalue weighted by atomic mass is 16.3. The van der Waals surface area contributed by atoms with E-state index in [-0.39, 0.29) is 17.4 Å². The number of nitrogens with one attached hydrogen (secondary N) is 1. The molecular formula is C13H28N2O2. The minimum Gasteiger partial charge on any atom is -0.392 e. The minimum atomic E-state index is -0.306. The Balaban J connectivity index is 3.49. The number of rotatable bonds is 7. The normalized spacial score (nSPS) is 13.5. The van der Waals surface area contributed by atoms with Crippen LogP contribution in [0.15, 0.2) is 0 Å². The van der Waals surface area contributed by atoms with Gasteiger partial charge < -0.3 is 15.3 Å². The van der Waals surface area contributed by atoms with Crippen molar-refractivity contribution in [1.29, 1.82) is 0 Å². The molecule has 1 amide bonds. The van der Waals surface area contributed by atoms with Crippen molar-refractivity contribution in [3.63, 3.8) is 0 Å². The topological polar surface area (TPSA) is 52.6 Å². The van der Waals surface area contributed by atoms with Crippen LogP contribution in [0.25, 0.3) is 0 Å². The van der Waals surface area contributed by atoms with Gasteiger partial charge in [-0.1, -0.05) is 20.8 Å². The Bertz CT molecular complexity index is 222. The van der Waals surface area contributed by atoms with Gasteiger partial charge in [0.1, 0.15) is 0 Å². The zero-order valence-electron chi connectivity index (χ0n) is 11.9. The van der Waals surface area contributed by atoms with Crippen LogP contribution in [0.1, 0.15) is 40.0 Å². The zero-order chi connectivity index (χ0) is 13.5. The molecular weight excluding hydrogens is 216 g/mol. The van der Waals surface area contributed by atoms with E-state index in [1.54, 1.807) is 19.0 Å². The molecule has 0 radical (unpaired) electrons. The number of amides is 1. The number of carbonyl (C=O) groups excluding carboxylic acids is 1. The van der Waals surface area contributed by atoms with Crippen molar-refractivity contribution < 1.29 is 9.90 Å². The molecule has 0 spiro atoms. The van der Waals surface area contributed by atoms with Gasteiger partial charge >= 0.3 is 0 Å². The van der Waals surface area contributed by atoms with Gasteiger partial charge in [0, 0.05) is 27.1 Å². The Labute approximate surface area is 105 Å². The average molecular weight is 244 g/mol. The van der Waals surface area contributed by atoms with Crippen LogP contribution in [0.5, 0.6) is 0 Å². The van der Waals surface area contributed by atoms with Crippen LogP contribution in [-0.4, -0.2) is 49.2 Å². The third-order valence-electron chi connectivity index (χ3n) is 2.47. The summed E-state index contributed by atoms with van der Waals surface area (Å²) in [6.07, 6.45) is 1.87. The van der Waals surface area contributed by atoms with Crippen LogP contribution in [0.2, 0.25) is 0 Å². The van der Waals surface area contributed by atoms with E-state index in [1.807, 2.05) is 0 Å². The molecule has 0 aromatic rings. The van der Waals surface area contributed by atoms with Crippen LogP contribution < -0.4 is 5.32 Å². The summed E-state index contributed by atoms with van der Waals surface area (Å²) in [4.78, 5) is 12.9. The van der Waals surface area contributed by atoms with E-state index in [4.69, 9.17) is 0 Å².